The number of fused-ring (bicyclic) bond motifs is 1. The van der Waals surface area contributed by atoms with Gasteiger partial charge < -0.3 is 19.9 Å². The van der Waals surface area contributed by atoms with Gasteiger partial charge in [-0.1, -0.05) is 12.1 Å². The Morgan fingerprint density at radius 2 is 2.09 bits per heavy atom. The van der Waals surface area contributed by atoms with E-state index in [2.05, 4.69) is 50.9 Å². The van der Waals surface area contributed by atoms with Crippen LogP contribution in [-0.2, 0) is 6.54 Å². The Morgan fingerprint density at radius 1 is 1.21 bits per heavy atom. The summed E-state index contributed by atoms with van der Waals surface area (Å²) in [7, 11) is 3.98. The molecule has 1 amide bonds. The molecule has 3 aromatic rings. The van der Waals surface area contributed by atoms with E-state index in [0.29, 0.717) is 24.6 Å². The summed E-state index contributed by atoms with van der Waals surface area (Å²) in [5.74, 6) is 2.30. The van der Waals surface area contributed by atoms with Crippen molar-refractivity contribution in [3.8, 4) is 5.75 Å². The molecule has 1 fully saturated rings. The molecule has 1 saturated carbocycles. The Kier molecular flexibility index (Phi) is 6.83. The Hall–Kier alpha value is -2.90. The van der Waals surface area contributed by atoms with Crippen molar-refractivity contribution in [3.05, 3.63) is 75.6 Å². The van der Waals surface area contributed by atoms with E-state index < -0.39 is 0 Å². The average molecular weight is 477 g/mol. The first-order valence-corrected chi connectivity index (χ1v) is 12.9. The summed E-state index contributed by atoms with van der Waals surface area (Å²) in [4.78, 5) is 23.1. The van der Waals surface area contributed by atoms with Crippen LogP contribution in [0.25, 0.3) is 0 Å². The zero-order valence-electron chi connectivity index (χ0n) is 19.9. The van der Waals surface area contributed by atoms with Gasteiger partial charge in [0.25, 0.3) is 5.91 Å². The predicted molar refractivity (Wildman–Crippen MR) is 137 cm³/mol. The lowest BCUT2D eigenvalue weighted by Crippen LogP contribution is -2.33. The van der Waals surface area contributed by atoms with Crippen LogP contribution in [-0.4, -0.2) is 49.5 Å². The number of nitrogens with one attached hydrogen (secondary N) is 1. The Morgan fingerprint density at radius 3 is 2.85 bits per heavy atom. The first-order chi connectivity index (χ1) is 16.6. The molecule has 5 rings (SSSR count). The smallest absolute Gasteiger partial charge is 0.257 e. The lowest BCUT2D eigenvalue weighted by molar-refractivity contribution is 0.0754. The number of anilines is 1. The van der Waals surface area contributed by atoms with Crippen molar-refractivity contribution in [2.75, 3.05) is 38.6 Å². The molecule has 2 aromatic heterocycles. The molecule has 7 heteroatoms. The van der Waals surface area contributed by atoms with Gasteiger partial charge in [0.05, 0.1) is 5.56 Å². The summed E-state index contributed by atoms with van der Waals surface area (Å²) in [6.45, 7) is 2.96. The third kappa shape index (κ3) is 4.95. The van der Waals surface area contributed by atoms with Crippen molar-refractivity contribution in [3.63, 3.8) is 0 Å². The quantitative estimate of drug-likeness (QED) is 0.479. The minimum absolute atomic E-state index is 0.0390. The van der Waals surface area contributed by atoms with E-state index in [9.17, 15) is 4.79 Å². The van der Waals surface area contributed by atoms with Crippen molar-refractivity contribution in [2.24, 2.45) is 0 Å². The Labute approximate surface area is 205 Å². The Balaban J connectivity index is 1.37. The molecular weight excluding hydrogens is 444 g/mol. The fourth-order valence-electron chi connectivity index (χ4n) is 4.61. The molecule has 0 spiro atoms. The fourth-order valence-corrected chi connectivity index (χ4v) is 5.40. The van der Waals surface area contributed by atoms with E-state index in [1.165, 1.54) is 28.8 Å². The monoisotopic (exact) mass is 476 g/mol. The summed E-state index contributed by atoms with van der Waals surface area (Å²) in [5.41, 5.74) is 3.23. The third-order valence-electron chi connectivity index (χ3n) is 6.66. The van der Waals surface area contributed by atoms with Crippen LogP contribution in [0, 0.1) is 0 Å². The van der Waals surface area contributed by atoms with E-state index in [1.807, 2.05) is 31.1 Å². The number of nitrogens with zero attached hydrogens (tertiary/aromatic N) is 3. The van der Waals surface area contributed by atoms with Gasteiger partial charge in [0, 0.05) is 44.2 Å². The van der Waals surface area contributed by atoms with Gasteiger partial charge in [-0.05, 0) is 79.2 Å². The molecule has 1 aliphatic carbocycles. The lowest BCUT2D eigenvalue weighted by atomic mass is 10.0. The summed E-state index contributed by atoms with van der Waals surface area (Å²) in [5, 5.41) is 5.34. The highest BCUT2D eigenvalue weighted by Crippen LogP contribution is 2.44. The van der Waals surface area contributed by atoms with Gasteiger partial charge in [-0.3, -0.25) is 4.79 Å². The zero-order valence-corrected chi connectivity index (χ0v) is 20.7. The van der Waals surface area contributed by atoms with E-state index >= 15 is 0 Å². The number of pyridine rings is 1. The van der Waals surface area contributed by atoms with Crippen LogP contribution >= 0.6 is 11.3 Å². The molecule has 1 aromatic carbocycles. The second-order valence-corrected chi connectivity index (χ2v) is 10.2. The Bertz CT molecular complexity index is 1130. The predicted octanol–water partition coefficient (Wildman–Crippen LogP) is 4.84. The minimum atomic E-state index is 0.0390. The van der Waals surface area contributed by atoms with Crippen LogP contribution in [0.3, 0.4) is 0 Å². The fraction of sp³-hybridized carbons (Fsp3) is 0.407. The van der Waals surface area contributed by atoms with Crippen LogP contribution in [0.15, 0.2) is 54.0 Å². The molecule has 6 nitrogen and oxygen atoms in total. The van der Waals surface area contributed by atoms with Gasteiger partial charge in [0.15, 0.2) is 0 Å². The van der Waals surface area contributed by atoms with E-state index in [0.717, 1.165) is 31.1 Å². The number of carbonyl (C=O) groups is 1. The van der Waals surface area contributed by atoms with Gasteiger partial charge >= 0.3 is 0 Å². The number of rotatable bonds is 9. The molecule has 34 heavy (non-hydrogen) atoms. The van der Waals surface area contributed by atoms with Crippen molar-refractivity contribution in [1.82, 2.24) is 15.2 Å². The number of aromatic nitrogens is 1. The molecule has 3 heterocycles. The lowest BCUT2D eigenvalue weighted by Gasteiger charge is -2.24. The van der Waals surface area contributed by atoms with Crippen molar-refractivity contribution < 1.29 is 9.53 Å². The number of likely N-dealkylation sites (N-methyl/N-ethyl adjacent to an activating group) is 1. The highest BCUT2D eigenvalue weighted by Gasteiger charge is 2.30. The van der Waals surface area contributed by atoms with Crippen molar-refractivity contribution in [2.45, 2.75) is 37.8 Å². The summed E-state index contributed by atoms with van der Waals surface area (Å²) < 4.78 is 6.50. The second kappa shape index (κ2) is 10.2. The SMILES string of the molecule is CNCCC(Oc1ccc(CN2CCN(C)c3ncccc3C2=O)c(C2CC2)c1)c1cccs1. The van der Waals surface area contributed by atoms with Gasteiger partial charge in [0.2, 0.25) is 0 Å². The first kappa shape index (κ1) is 22.9. The van der Waals surface area contributed by atoms with Gasteiger partial charge in [-0.15, -0.1) is 11.3 Å². The number of thiophene rings is 1. The number of hydrogen-bond acceptors (Lipinski definition) is 6. The second-order valence-electron chi connectivity index (χ2n) is 9.17. The van der Waals surface area contributed by atoms with Crippen LogP contribution < -0.4 is 15.0 Å². The van der Waals surface area contributed by atoms with Crippen LogP contribution in [0.4, 0.5) is 5.82 Å². The van der Waals surface area contributed by atoms with Gasteiger partial charge in [-0.25, -0.2) is 4.98 Å². The molecule has 178 valence electrons. The maximum Gasteiger partial charge on any atom is 0.257 e. The molecule has 1 atom stereocenters. The normalized spacial score (nSPS) is 16.8. The molecule has 1 aliphatic heterocycles. The highest BCUT2D eigenvalue weighted by molar-refractivity contribution is 7.10. The van der Waals surface area contributed by atoms with Gasteiger partial charge in [0.1, 0.15) is 17.7 Å². The molecule has 2 aliphatic rings. The molecule has 0 bridgehead atoms. The summed E-state index contributed by atoms with van der Waals surface area (Å²) in [6.07, 6.45) is 5.11. The minimum Gasteiger partial charge on any atom is -0.485 e. The summed E-state index contributed by atoms with van der Waals surface area (Å²) >= 11 is 1.74. The van der Waals surface area contributed by atoms with E-state index in [1.54, 1.807) is 17.5 Å². The maximum atomic E-state index is 13.4. The molecule has 1 N–H and O–H groups in total. The highest BCUT2D eigenvalue weighted by atomic mass is 32.1. The molecule has 0 radical (unpaired) electrons. The molecular formula is C27H32N4O2S. The number of amides is 1. The number of carbonyl (C=O) groups excluding carboxylic acids is 1. The van der Waals surface area contributed by atoms with Gasteiger partial charge in [-0.2, -0.15) is 0 Å². The molecule has 1 unspecified atom stereocenters. The zero-order chi connectivity index (χ0) is 23.5. The maximum absolute atomic E-state index is 13.4. The third-order valence-corrected chi connectivity index (χ3v) is 7.63. The molecule has 0 saturated heterocycles. The summed E-state index contributed by atoms with van der Waals surface area (Å²) in [6, 6.07) is 14.4. The average Bonchev–Trinajstić information content (AvgIpc) is 3.59. The van der Waals surface area contributed by atoms with Crippen LogP contribution in [0.2, 0.25) is 0 Å². The van der Waals surface area contributed by atoms with E-state index in [4.69, 9.17) is 4.74 Å². The number of hydrogen-bond donors (Lipinski definition) is 1. The largest absolute Gasteiger partial charge is 0.485 e. The number of ether oxygens (including phenoxy) is 1. The van der Waals surface area contributed by atoms with Crippen molar-refractivity contribution in [1.29, 1.82) is 0 Å². The van der Waals surface area contributed by atoms with Crippen LogP contribution in [0.5, 0.6) is 5.75 Å². The van der Waals surface area contributed by atoms with Crippen molar-refractivity contribution >= 4 is 23.1 Å². The van der Waals surface area contributed by atoms with E-state index in [-0.39, 0.29) is 12.0 Å². The number of benzene rings is 1. The topological polar surface area (TPSA) is 57.7 Å². The standard InChI is InChI=1S/C27H32N4O2S/c1-28-13-11-24(25-6-4-16-34-25)33-21-10-9-20(23(17-21)19-7-8-19)18-31-15-14-30(2)26-22(27(31)32)5-3-12-29-26/h3-6,9-10,12,16-17,19,24,28H,7-8,11,13-15,18H2,1-2H3. The van der Waals surface area contributed by atoms with Crippen LogP contribution in [0.1, 0.15) is 57.6 Å². The first-order valence-electron chi connectivity index (χ1n) is 12.1.